The molecule has 0 fully saturated rings. The predicted octanol–water partition coefficient (Wildman–Crippen LogP) is 6.14. The Morgan fingerprint density at radius 1 is 1.00 bits per heavy atom. The normalized spacial score (nSPS) is 14.4. The van der Waals surface area contributed by atoms with Crippen LogP contribution in [0, 0.1) is 6.92 Å². The van der Waals surface area contributed by atoms with Crippen LogP contribution in [0.5, 0.6) is 0 Å². The Balaban J connectivity index is 1.61. The molecule has 0 saturated heterocycles. The molecule has 2 aromatic carbocycles. The lowest BCUT2D eigenvalue weighted by atomic mass is 9.97. The smallest absolute Gasteiger partial charge is 0.297 e. The zero-order valence-corrected chi connectivity index (χ0v) is 20.6. The fourth-order valence-electron chi connectivity index (χ4n) is 4.64. The summed E-state index contributed by atoms with van der Waals surface area (Å²) in [5.41, 5.74) is 5.96. The first-order chi connectivity index (χ1) is 16.6. The molecule has 0 amide bonds. The first-order valence-corrected chi connectivity index (χ1v) is 12.8. The summed E-state index contributed by atoms with van der Waals surface area (Å²) in [7, 11) is 1.91. The average Bonchev–Trinajstić information content (AvgIpc) is 3.38. The van der Waals surface area contributed by atoms with E-state index in [4.69, 9.17) is 4.99 Å². The van der Waals surface area contributed by atoms with Gasteiger partial charge in [-0.25, -0.2) is 9.67 Å². The maximum Gasteiger partial charge on any atom is 0.297 e. The van der Waals surface area contributed by atoms with Crippen LogP contribution in [0.15, 0.2) is 87.5 Å². The Morgan fingerprint density at radius 2 is 1.74 bits per heavy atom. The SMILES string of the molecule is Cc1c(N=c2scc(-c3ccccc3)n2CCC2=CCCCC2)c(=O)n(-c2ccccc2)n1C. The minimum atomic E-state index is -0.0950. The van der Waals surface area contributed by atoms with Crippen molar-refractivity contribution < 1.29 is 0 Å². The molecule has 1 aliphatic carbocycles. The number of hydrogen-bond donors (Lipinski definition) is 0. The van der Waals surface area contributed by atoms with Crippen molar-refractivity contribution >= 4 is 17.0 Å². The van der Waals surface area contributed by atoms with Crippen LogP contribution in [0.3, 0.4) is 0 Å². The third kappa shape index (κ3) is 4.38. The highest BCUT2D eigenvalue weighted by atomic mass is 32.1. The largest absolute Gasteiger partial charge is 0.316 e. The van der Waals surface area contributed by atoms with Gasteiger partial charge in [-0.3, -0.25) is 9.48 Å². The van der Waals surface area contributed by atoms with Gasteiger partial charge in [-0.05, 0) is 56.7 Å². The standard InChI is InChI=1S/C28H30N4OS/c1-21-26(27(33)32(30(21)2)24-16-10-5-11-17-24)29-28-31(19-18-22-12-6-3-7-13-22)25(20-34-28)23-14-8-4-9-15-23/h4-5,8-12,14-17,20H,3,6-7,13,18-19H2,1-2H3. The maximum atomic E-state index is 13.4. The molecular formula is C28H30N4OS. The van der Waals surface area contributed by atoms with Gasteiger partial charge in [0, 0.05) is 19.0 Å². The maximum absolute atomic E-state index is 13.4. The molecule has 0 spiro atoms. The van der Waals surface area contributed by atoms with Crippen molar-refractivity contribution in [2.24, 2.45) is 12.0 Å². The van der Waals surface area contributed by atoms with Crippen LogP contribution >= 0.6 is 11.3 Å². The molecule has 0 saturated carbocycles. The third-order valence-corrected chi connectivity index (χ3v) is 7.50. The summed E-state index contributed by atoms with van der Waals surface area (Å²) >= 11 is 1.60. The summed E-state index contributed by atoms with van der Waals surface area (Å²) in [5, 5.41) is 2.16. The van der Waals surface area contributed by atoms with E-state index >= 15 is 0 Å². The van der Waals surface area contributed by atoms with Gasteiger partial charge in [0.05, 0.1) is 17.1 Å². The van der Waals surface area contributed by atoms with Gasteiger partial charge in [0.15, 0.2) is 10.5 Å². The molecule has 2 heterocycles. The Morgan fingerprint density at radius 3 is 2.44 bits per heavy atom. The van der Waals surface area contributed by atoms with E-state index in [1.54, 1.807) is 16.0 Å². The van der Waals surface area contributed by atoms with Crippen LogP contribution in [-0.2, 0) is 13.6 Å². The van der Waals surface area contributed by atoms with Gasteiger partial charge in [-0.15, -0.1) is 11.3 Å². The van der Waals surface area contributed by atoms with Crippen molar-refractivity contribution in [3.8, 4) is 16.9 Å². The molecule has 0 aliphatic heterocycles. The van der Waals surface area contributed by atoms with E-state index in [9.17, 15) is 4.79 Å². The Kier molecular flexibility index (Phi) is 6.50. The monoisotopic (exact) mass is 470 g/mol. The highest BCUT2D eigenvalue weighted by Crippen LogP contribution is 2.25. The summed E-state index contributed by atoms with van der Waals surface area (Å²) in [5.74, 6) is 0. The summed E-state index contributed by atoms with van der Waals surface area (Å²) in [4.78, 5) is 19.3. The lowest BCUT2D eigenvalue weighted by molar-refractivity contribution is 0.620. The van der Waals surface area contributed by atoms with Gasteiger partial charge >= 0.3 is 0 Å². The summed E-state index contributed by atoms with van der Waals surface area (Å²) in [6.45, 7) is 2.82. The van der Waals surface area contributed by atoms with Crippen molar-refractivity contribution in [2.75, 3.05) is 0 Å². The van der Waals surface area contributed by atoms with Crippen LogP contribution in [0.25, 0.3) is 16.9 Å². The highest BCUT2D eigenvalue weighted by molar-refractivity contribution is 7.07. The quantitative estimate of drug-likeness (QED) is 0.312. The highest BCUT2D eigenvalue weighted by Gasteiger charge is 2.17. The third-order valence-electron chi connectivity index (χ3n) is 6.64. The van der Waals surface area contributed by atoms with Crippen molar-refractivity contribution in [2.45, 2.75) is 45.6 Å². The second kappa shape index (κ2) is 9.85. The van der Waals surface area contributed by atoms with Gasteiger partial charge in [-0.2, -0.15) is 0 Å². The van der Waals surface area contributed by atoms with Crippen molar-refractivity contribution in [3.63, 3.8) is 0 Å². The van der Waals surface area contributed by atoms with Crippen LogP contribution < -0.4 is 10.4 Å². The molecule has 34 heavy (non-hydrogen) atoms. The van der Waals surface area contributed by atoms with Crippen LogP contribution in [0.1, 0.15) is 37.8 Å². The molecule has 174 valence electrons. The number of benzene rings is 2. The van der Waals surface area contributed by atoms with Crippen molar-refractivity contribution in [3.05, 3.63) is 98.5 Å². The van der Waals surface area contributed by atoms with Gasteiger partial charge in [0.2, 0.25) is 0 Å². The molecule has 0 radical (unpaired) electrons. The molecule has 0 N–H and O–H groups in total. The Hall–Kier alpha value is -3.38. The molecule has 6 heteroatoms. The number of hydrogen-bond acceptors (Lipinski definition) is 3. The number of allylic oxidation sites excluding steroid dienone is 2. The van der Waals surface area contributed by atoms with Gasteiger partial charge in [0.25, 0.3) is 5.56 Å². The van der Waals surface area contributed by atoms with Crippen molar-refractivity contribution in [1.29, 1.82) is 0 Å². The summed E-state index contributed by atoms with van der Waals surface area (Å²) < 4.78 is 5.87. The second-order valence-corrected chi connectivity index (χ2v) is 9.64. The number of thiazole rings is 1. The zero-order chi connectivity index (χ0) is 23.5. The van der Waals surface area contributed by atoms with Gasteiger partial charge in [-0.1, -0.05) is 60.2 Å². The molecule has 4 aromatic rings. The summed E-state index contributed by atoms with van der Waals surface area (Å²) in [6.07, 6.45) is 8.39. The molecule has 1 aliphatic rings. The van der Waals surface area contributed by atoms with E-state index in [1.165, 1.54) is 36.8 Å². The fourth-order valence-corrected chi connectivity index (χ4v) is 5.58. The predicted molar refractivity (Wildman–Crippen MR) is 140 cm³/mol. The number of rotatable bonds is 6. The van der Waals surface area contributed by atoms with E-state index in [0.29, 0.717) is 5.69 Å². The molecule has 2 aromatic heterocycles. The second-order valence-electron chi connectivity index (χ2n) is 8.80. The summed E-state index contributed by atoms with van der Waals surface area (Å²) in [6, 6.07) is 20.2. The van der Waals surface area contributed by atoms with Gasteiger partial charge in [0.1, 0.15) is 0 Å². The van der Waals surface area contributed by atoms with Crippen molar-refractivity contribution in [1.82, 2.24) is 13.9 Å². The molecule has 0 atom stereocenters. The van der Waals surface area contributed by atoms with Crippen LogP contribution in [-0.4, -0.2) is 13.9 Å². The van der Waals surface area contributed by atoms with E-state index in [-0.39, 0.29) is 5.56 Å². The first-order valence-electron chi connectivity index (χ1n) is 11.9. The Bertz CT molecular complexity index is 1440. The Labute approximate surface area is 204 Å². The van der Waals surface area contributed by atoms with E-state index in [2.05, 4.69) is 40.3 Å². The molecular weight excluding hydrogens is 440 g/mol. The molecule has 0 bridgehead atoms. The fraction of sp³-hybridized carbons (Fsp3) is 0.286. The number of para-hydroxylation sites is 1. The zero-order valence-electron chi connectivity index (χ0n) is 19.8. The topological polar surface area (TPSA) is 44.2 Å². The first kappa shape index (κ1) is 22.4. The van der Waals surface area contributed by atoms with E-state index in [1.807, 2.05) is 55.1 Å². The van der Waals surface area contributed by atoms with E-state index in [0.717, 1.165) is 34.8 Å². The van der Waals surface area contributed by atoms with E-state index < -0.39 is 0 Å². The van der Waals surface area contributed by atoms with Crippen LogP contribution in [0.2, 0.25) is 0 Å². The molecule has 0 unspecified atom stereocenters. The minimum Gasteiger partial charge on any atom is -0.316 e. The lowest BCUT2D eigenvalue weighted by Gasteiger charge is -2.14. The number of nitrogens with zero attached hydrogens (tertiary/aromatic N) is 4. The average molecular weight is 471 g/mol. The molecule has 5 rings (SSSR count). The lowest BCUT2D eigenvalue weighted by Crippen LogP contribution is -2.20. The number of aromatic nitrogens is 3. The van der Waals surface area contributed by atoms with Crippen LogP contribution in [0.4, 0.5) is 5.69 Å². The van der Waals surface area contributed by atoms with Gasteiger partial charge < -0.3 is 4.57 Å². The molecule has 5 nitrogen and oxygen atoms in total. The minimum absolute atomic E-state index is 0.0950.